The van der Waals surface area contributed by atoms with Crippen LogP contribution in [0.15, 0.2) is 0 Å². The standard InChI is InChI=1S/C4H7O.CH4.CH3.Y/c1-4(2)3-5;;;/h4H,1-2H3;1H4;1H3;/q-1;;-1;. The van der Waals surface area contributed by atoms with Crippen molar-refractivity contribution in [2.45, 2.75) is 21.3 Å². The fourth-order valence-corrected chi connectivity index (χ4v) is 0. The third-order valence-corrected chi connectivity index (χ3v) is 0.236. The van der Waals surface area contributed by atoms with E-state index in [9.17, 15) is 4.79 Å². The Morgan fingerprint density at radius 1 is 1.38 bits per heavy atom. The van der Waals surface area contributed by atoms with E-state index in [4.69, 9.17) is 0 Å². The van der Waals surface area contributed by atoms with Crippen LogP contribution in [0.5, 0.6) is 0 Å². The molecule has 0 N–H and O–H groups in total. The number of rotatable bonds is 1. The minimum Gasteiger partial charge on any atom is -0.542 e. The quantitative estimate of drug-likeness (QED) is 0.578. The molecular weight excluding hydrogens is 177 g/mol. The van der Waals surface area contributed by atoms with Crippen LogP contribution in [-0.2, 0) is 37.5 Å². The summed E-state index contributed by atoms with van der Waals surface area (Å²) in [5, 5.41) is 0. The monoisotopic (exact) mass is 191 g/mol. The Hall–Kier alpha value is 0.774. The van der Waals surface area contributed by atoms with E-state index < -0.39 is 0 Å². The zero-order valence-corrected chi connectivity index (χ0v) is 7.90. The van der Waals surface area contributed by atoms with Crippen molar-refractivity contribution in [1.29, 1.82) is 0 Å². The van der Waals surface area contributed by atoms with E-state index in [1.54, 1.807) is 20.1 Å². The van der Waals surface area contributed by atoms with Gasteiger partial charge >= 0.3 is 0 Å². The summed E-state index contributed by atoms with van der Waals surface area (Å²) in [5.41, 5.74) is 0. The second-order valence-electron chi connectivity index (χ2n) is 1.27. The molecule has 0 aromatic rings. The minimum absolute atomic E-state index is 0. The molecule has 0 aliphatic carbocycles. The molecule has 0 rings (SSSR count). The SMILES string of the molecule is C.CC(C)[C-]=O.[CH3-].[Y]. The maximum Gasteiger partial charge on any atom is 0 e. The van der Waals surface area contributed by atoms with E-state index in [2.05, 4.69) is 0 Å². The zero-order chi connectivity index (χ0) is 4.28. The van der Waals surface area contributed by atoms with Gasteiger partial charge in [-0.05, 0) is 0 Å². The molecule has 0 bridgehead atoms. The van der Waals surface area contributed by atoms with E-state index in [0.29, 0.717) is 0 Å². The molecule has 0 aromatic carbocycles. The minimum atomic E-state index is 0. The summed E-state index contributed by atoms with van der Waals surface area (Å²) < 4.78 is 0. The molecule has 0 aliphatic rings. The molecule has 0 fully saturated rings. The molecule has 1 nitrogen and oxygen atoms in total. The van der Waals surface area contributed by atoms with Crippen LogP contribution in [0.25, 0.3) is 0 Å². The Balaban J connectivity index is -0.0000000267. The Morgan fingerprint density at radius 3 is 1.50 bits per heavy atom. The van der Waals surface area contributed by atoms with Gasteiger partial charge in [-0.2, -0.15) is 0 Å². The molecule has 0 saturated carbocycles. The summed E-state index contributed by atoms with van der Waals surface area (Å²) in [5.74, 6) is 0.0787. The molecule has 49 valence electrons. The van der Waals surface area contributed by atoms with Gasteiger partial charge in [0.2, 0.25) is 0 Å². The Morgan fingerprint density at radius 2 is 1.50 bits per heavy atom. The molecule has 0 amide bonds. The summed E-state index contributed by atoms with van der Waals surface area (Å²) in [6, 6.07) is 0. The van der Waals surface area contributed by atoms with Gasteiger partial charge in [-0.1, -0.05) is 21.3 Å². The van der Waals surface area contributed by atoms with Crippen LogP contribution in [0.1, 0.15) is 21.3 Å². The van der Waals surface area contributed by atoms with Crippen molar-refractivity contribution in [2.24, 2.45) is 5.92 Å². The van der Waals surface area contributed by atoms with Crippen LogP contribution in [0.2, 0.25) is 0 Å². The maximum absolute atomic E-state index is 9.38. The van der Waals surface area contributed by atoms with Gasteiger partial charge in [-0.15, -0.1) is 5.92 Å². The molecular formula is C6H14OY-2. The number of hydrogen-bond acceptors (Lipinski definition) is 1. The third kappa shape index (κ3) is 29.3. The smallest absolute Gasteiger partial charge is 0 e. The second-order valence-corrected chi connectivity index (χ2v) is 1.27. The van der Waals surface area contributed by atoms with E-state index in [0.717, 1.165) is 0 Å². The molecule has 1 radical (unpaired) electrons. The van der Waals surface area contributed by atoms with Gasteiger partial charge in [0, 0.05) is 32.7 Å². The van der Waals surface area contributed by atoms with Crippen molar-refractivity contribution in [3.63, 3.8) is 0 Å². The molecule has 0 spiro atoms. The maximum atomic E-state index is 9.38. The van der Waals surface area contributed by atoms with Gasteiger partial charge in [-0.3, -0.25) is 6.29 Å². The Kier molecular flexibility index (Phi) is 45.5. The average molecular weight is 191 g/mol. The Bertz CT molecular complexity index is 35.5. The van der Waals surface area contributed by atoms with Crippen LogP contribution in [0, 0.1) is 13.3 Å². The topological polar surface area (TPSA) is 17.1 Å². The van der Waals surface area contributed by atoms with Gasteiger partial charge in [0.25, 0.3) is 0 Å². The van der Waals surface area contributed by atoms with Crippen molar-refractivity contribution in [2.75, 3.05) is 0 Å². The third-order valence-electron chi connectivity index (χ3n) is 0.236. The fourth-order valence-electron chi connectivity index (χ4n) is 0. The van der Waals surface area contributed by atoms with Crippen LogP contribution < -0.4 is 0 Å². The van der Waals surface area contributed by atoms with Crippen molar-refractivity contribution < 1.29 is 37.5 Å². The van der Waals surface area contributed by atoms with Crippen molar-refractivity contribution >= 4 is 6.29 Å². The first-order valence-corrected chi connectivity index (χ1v) is 1.65. The normalized spacial score (nSPS) is 5.38. The molecule has 0 saturated heterocycles. The largest absolute Gasteiger partial charge is 0.542 e. The number of hydrogen-bond donors (Lipinski definition) is 0. The van der Waals surface area contributed by atoms with Crippen molar-refractivity contribution in [3.05, 3.63) is 7.43 Å². The predicted octanol–water partition coefficient (Wildman–Crippen LogP) is 1.84. The Labute approximate surface area is 78.1 Å². The van der Waals surface area contributed by atoms with Gasteiger partial charge in [0.1, 0.15) is 0 Å². The molecule has 0 aromatic heterocycles. The van der Waals surface area contributed by atoms with Crippen LogP contribution in [0.4, 0.5) is 0 Å². The van der Waals surface area contributed by atoms with Crippen LogP contribution in [-0.4, -0.2) is 6.29 Å². The van der Waals surface area contributed by atoms with Crippen molar-refractivity contribution in [1.82, 2.24) is 0 Å². The first-order chi connectivity index (χ1) is 2.27. The van der Waals surface area contributed by atoms with Crippen molar-refractivity contribution in [3.8, 4) is 0 Å². The van der Waals surface area contributed by atoms with Gasteiger partial charge in [0.05, 0.1) is 0 Å². The fraction of sp³-hybridized carbons (Fsp3) is 0.667. The summed E-state index contributed by atoms with van der Waals surface area (Å²) in [7, 11) is 0. The summed E-state index contributed by atoms with van der Waals surface area (Å²) in [6.45, 7) is 3.60. The molecule has 0 aliphatic heterocycles. The average Bonchev–Trinajstić information content (AvgIpc) is 1.38. The first kappa shape index (κ1) is 23.3. The first-order valence-electron chi connectivity index (χ1n) is 1.65. The van der Waals surface area contributed by atoms with E-state index in [-0.39, 0.29) is 53.5 Å². The summed E-state index contributed by atoms with van der Waals surface area (Å²) in [4.78, 5) is 9.38. The van der Waals surface area contributed by atoms with Gasteiger partial charge in [0.15, 0.2) is 0 Å². The molecule has 0 heterocycles. The predicted molar refractivity (Wildman–Crippen MR) is 33.7 cm³/mol. The number of carbonyl (C=O) groups excluding carboxylic acids is 1. The van der Waals surface area contributed by atoms with Crippen LogP contribution >= 0.6 is 0 Å². The second kappa shape index (κ2) is 15.7. The molecule has 0 unspecified atom stereocenters. The van der Waals surface area contributed by atoms with E-state index in [1.807, 2.05) is 0 Å². The molecule has 2 heteroatoms. The van der Waals surface area contributed by atoms with Gasteiger partial charge < -0.3 is 12.2 Å². The molecule has 8 heavy (non-hydrogen) atoms. The van der Waals surface area contributed by atoms with Gasteiger partial charge in [-0.25, -0.2) is 0 Å². The molecule has 0 atom stereocenters. The van der Waals surface area contributed by atoms with E-state index in [1.165, 1.54) is 0 Å². The van der Waals surface area contributed by atoms with E-state index >= 15 is 0 Å². The summed E-state index contributed by atoms with van der Waals surface area (Å²) >= 11 is 0. The zero-order valence-electron chi connectivity index (χ0n) is 5.06. The van der Waals surface area contributed by atoms with Crippen LogP contribution in [0.3, 0.4) is 0 Å². The summed E-state index contributed by atoms with van der Waals surface area (Å²) in [6.07, 6.45) is 1.78.